The van der Waals surface area contributed by atoms with Gasteiger partial charge in [-0.2, -0.15) is 10.1 Å². The number of aryl methyl sites for hydroxylation is 1. The zero-order valence-electron chi connectivity index (χ0n) is 16.6. The molecule has 1 saturated heterocycles. The van der Waals surface area contributed by atoms with Crippen LogP contribution in [0.3, 0.4) is 0 Å². The van der Waals surface area contributed by atoms with Gasteiger partial charge in [0.1, 0.15) is 11.9 Å². The van der Waals surface area contributed by atoms with Crippen molar-refractivity contribution in [3.8, 4) is 0 Å². The van der Waals surface area contributed by atoms with E-state index >= 15 is 0 Å². The molecule has 0 bridgehead atoms. The van der Waals surface area contributed by atoms with Crippen molar-refractivity contribution in [3.63, 3.8) is 0 Å². The minimum Gasteiger partial charge on any atom is -0.378 e. The zero-order chi connectivity index (χ0) is 20.0. The summed E-state index contributed by atoms with van der Waals surface area (Å²) < 4.78 is 7.28. The second kappa shape index (κ2) is 7.00. The van der Waals surface area contributed by atoms with Crippen LogP contribution >= 0.6 is 0 Å². The van der Waals surface area contributed by atoms with Gasteiger partial charge < -0.3 is 15.0 Å². The third kappa shape index (κ3) is 2.98. The van der Waals surface area contributed by atoms with E-state index < -0.39 is 0 Å². The maximum Gasteiger partial charge on any atom is 0.254 e. The van der Waals surface area contributed by atoms with E-state index in [1.54, 1.807) is 0 Å². The van der Waals surface area contributed by atoms with Crippen LogP contribution in [0.25, 0.3) is 10.8 Å². The Bertz CT molecular complexity index is 1120. The molecule has 7 nitrogen and oxygen atoms in total. The maximum atomic E-state index is 13.6. The second-order valence-corrected chi connectivity index (χ2v) is 7.47. The lowest BCUT2D eigenvalue weighted by Crippen LogP contribution is -2.44. The van der Waals surface area contributed by atoms with Crippen molar-refractivity contribution in [2.45, 2.75) is 19.9 Å². The number of benzene rings is 2. The van der Waals surface area contributed by atoms with Crippen molar-refractivity contribution in [3.05, 3.63) is 65.1 Å². The zero-order valence-corrected chi connectivity index (χ0v) is 16.6. The van der Waals surface area contributed by atoms with Gasteiger partial charge in [-0.05, 0) is 30.2 Å². The SMILES string of the molecule is CC1=C(C(=O)N2CCOCC2)[C@@H](c2cccc3ccccc23)n2nc(C)nc2N1. The number of carbonyl (C=O) groups is 1. The quantitative estimate of drug-likeness (QED) is 0.730. The highest BCUT2D eigenvalue weighted by molar-refractivity contribution is 5.98. The highest BCUT2D eigenvalue weighted by atomic mass is 16.5. The molecule has 0 spiro atoms. The van der Waals surface area contributed by atoms with Gasteiger partial charge >= 0.3 is 0 Å². The van der Waals surface area contributed by atoms with Crippen LogP contribution in [0, 0.1) is 6.92 Å². The number of nitrogens with zero attached hydrogens (tertiary/aromatic N) is 4. The van der Waals surface area contributed by atoms with E-state index in [1.165, 1.54) is 0 Å². The van der Waals surface area contributed by atoms with Crippen LogP contribution in [0.1, 0.15) is 24.4 Å². The number of allylic oxidation sites excluding steroid dienone is 1. The molecular formula is C22H23N5O2. The van der Waals surface area contributed by atoms with Gasteiger partial charge in [0, 0.05) is 18.8 Å². The molecule has 1 atom stereocenters. The molecule has 5 rings (SSSR count). The molecular weight excluding hydrogens is 366 g/mol. The van der Waals surface area contributed by atoms with Gasteiger partial charge in [-0.1, -0.05) is 42.5 Å². The van der Waals surface area contributed by atoms with E-state index in [-0.39, 0.29) is 11.9 Å². The summed E-state index contributed by atoms with van der Waals surface area (Å²) in [5, 5.41) is 10.2. The molecule has 3 aromatic rings. The van der Waals surface area contributed by atoms with Crippen LogP contribution < -0.4 is 5.32 Å². The number of nitrogens with one attached hydrogen (secondary N) is 1. The van der Waals surface area contributed by atoms with Gasteiger partial charge in [-0.15, -0.1) is 0 Å². The van der Waals surface area contributed by atoms with Crippen LogP contribution in [0.4, 0.5) is 5.95 Å². The fraction of sp³-hybridized carbons (Fsp3) is 0.318. The third-order valence-electron chi connectivity index (χ3n) is 5.61. The predicted octanol–water partition coefficient (Wildman–Crippen LogP) is 2.89. The van der Waals surface area contributed by atoms with E-state index in [0.717, 1.165) is 22.0 Å². The molecule has 1 fully saturated rings. The number of anilines is 1. The van der Waals surface area contributed by atoms with E-state index in [4.69, 9.17) is 4.74 Å². The molecule has 1 amide bonds. The van der Waals surface area contributed by atoms with Crippen LogP contribution in [-0.2, 0) is 9.53 Å². The van der Waals surface area contributed by atoms with Crippen molar-refractivity contribution < 1.29 is 9.53 Å². The fourth-order valence-electron chi connectivity index (χ4n) is 4.25. The van der Waals surface area contributed by atoms with Crippen molar-refractivity contribution >= 4 is 22.6 Å². The summed E-state index contributed by atoms with van der Waals surface area (Å²) in [7, 11) is 0. The summed E-state index contributed by atoms with van der Waals surface area (Å²) in [6.45, 7) is 6.14. The van der Waals surface area contributed by atoms with Gasteiger partial charge in [0.2, 0.25) is 5.95 Å². The molecule has 3 heterocycles. The van der Waals surface area contributed by atoms with Crippen molar-refractivity contribution in [1.29, 1.82) is 0 Å². The normalized spacial score (nSPS) is 19.2. The average Bonchev–Trinajstić information content (AvgIpc) is 3.12. The Morgan fingerprint density at radius 2 is 1.86 bits per heavy atom. The first-order valence-corrected chi connectivity index (χ1v) is 9.89. The minimum absolute atomic E-state index is 0.0232. The monoisotopic (exact) mass is 389 g/mol. The number of ether oxygens (including phenoxy) is 1. The molecule has 29 heavy (non-hydrogen) atoms. The van der Waals surface area contributed by atoms with Crippen molar-refractivity contribution in [1.82, 2.24) is 19.7 Å². The third-order valence-corrected chi connectivity index (χ3v) is 5.61. The summed E-state index contributed by atoms with van der Waals surface area (Å²) in [5.41, 5.74) is 2.58. The molecule has 0 saturated carbocycles. The molecule has 7 heteroatoms. The average molecular weight is 389 g/mol. The number of hydrogen-bond donors (Lipinski definition) is 1. The van der Waals surface area contributed by atoms with Gasteiger partial charge in [0.05, 0.1) is 18.8 Å². The van der Waals surface area contributed by atoms with Crippen LogP contribution in [0.5, 0.6) is 0 Å². The summed E-state index contributed by atoms with van der Waals surface area (Å²) in [5.74, 6) is 1.36. The van der Waals surface area contributed by atoms with E-state index in [9.17, 15) is 4.79 Å². The summed E-state index contributed by atoms with van der Waals surface area (Å²) >= 11 is 0. The van der Waals surface area contributed by atoms with Crippen LogP contribution in [-0.4, -0.2) is 51.9 Å². The Balaban J connectivity index is 1.70. The predicted molar refractivity (Wildman–Crippen MR) is 111 cm³/mol. The molecule has 2 aromatic carbocycles. The van der Waals surface area contributed by atoms with E-state index in [1.807, 2.05) is 41.6 Å². The van der Waals surface area contributed by atoms with E-state index in [0.29, 0.717) is 43.6 Å². The smallest absolute Gasteiger partial charge is 0.254 e. The Morgan fingerprint density at radius 3 is 2.69 bits per heavy atom. The van der Waals surface area contributed by atoms with Crippen LogP contribution in [0.2, 0.25) is 0 Å². The second-order valence-electron chi connectivity index (χ2n) is 7.47. The van der Waals surface area contributed by atoms with Gasteiger partial charge in [-0.25, -0.2) is 4.68 Å². The molecule has 0 radical (unpaired) electrons. The summed E-state index contributed by atoms with van der Waals surface area (Å²) in [4.78, 5) is 20.0. The highest BCUT2D eigenvalue weighted by Crippen LogP contribution is 2.38. The number of rotatable bonds is 2. The first-order valence-electron chi connectivity index (χ1n) is 9.89. The number of fused-ring (bicyclic) bond motifs is 2. The lowest BCUT2D eigenvalue weighted by Gasteiger charge is -2.34. The number of morpholine rings is 1. The number of amides is 1. The fourth-order valence-corrected chi connectivity index (χ4v) is 4.25. The molecule has 1 N–H and O–H groups in total. The minimum atomic E-state index is -0.339. The number of carbonyl (C=O) groups excluding carboxylic acids is 1. The van der Waals surface area contributed by atoms with Gasteiger partial charge in [-0.3, -0.25) is 4.79 Å². The van der Waals surface area contributed by atoms with Gasteiger partial charge in [0.25, 0.3) is 5.91 Å². The maximum absolute atomic E-state index is 13.6. The van der Waals surface area contributed by atoms with Crippen molar-refractivity contribution in [2.24, 2.45) is 0 Å². The Morgan fingerprint density at radius 1 is 1.10 bits per heavy atom. The topological polar surface area (TPSA) is 72.3 Å². The summed E-state index contributed by atoms with van der Waals surface area (Å²) in [6.07, 6.45) is 0. The first-order chi connectivity index (χ1) is 14.1. The molecule has 148 valence electrons. The lowest BCUT2D eigenvalue weighted by molar-refractivity contribution is -0.131. The number of aromatic nitrogens is 3. The summed E-state index contributed by atoms with van der Waals surface area (Å²) in [6, 6.07) is 14.1. The van der Waals surface area contributed by atoms with E-state index in [2.05, 4.69) is 39.7 Å². The Kier molecular flexibility index (Phi) is 4.32. The first kappa shape index (κ1) is 17.9. The van der Waals surface area contributed by atoms with Gasteiger partial charge in [0.15, 0.2) is 0 Å². The molecule has 0 unspecified atom stereocenters. The van der Waals surface area contributed by atoms with Crippen LogP contribution in [0.15, 0.2) is 53.7 Å². The highest BCUT2D eigenvalue weighted by Gasteiger charge is 2.36. The standard InChI is InChI=1S/C22H23N5O2/c1-14-19(21(28)26-10-12-29-13-11-26)20(27-22(23-14)24-15(2)25-27)18-9-5-7-16-6-3-4-8-17(16)18/h3-9,20H,10-13H2,1-2H3,(H,23,24,25)/t20-/m1/s1. The lowest BCUT2D eigenvalue weighted by atomic mass is 9.91. The molecule has 2 aliphatic rings. The van der Waals surface area contributed by atoms with Crippen molar-refractivity contribution in [2.75, 3.05) is 31.6 Å². The molecule has 1 aromatic heterocycles. The molecule has 2 aliphatic heterocycles. The number of hydrogen-bond acceptors (Lipinski definition) is 5. The Hall–Kier alpha value is -3.19. The Labute approximate surface area is 169 Å². The largest absolute Gasteiger partial charge is 0.378 e. The molecule has 0 aliphatic carbocycles.